The standard InChI is InChI=1S/C91H103N11O9/c1-54-25-7-11-29-59(54)86(105)98-67-37-19-15-33-63(67)81-71-43-44-72(94-71)82(64-34-16-20-38-68(64)99-87(106)60-30-12-8-26-55(60)2)74-47-48-76(96-74)84(66-36-18-22-40-70(66)101-89(108)62-32-14-10-28-57(62)4)85-58(53-111-80(104)42-24-23-41-79(103)102-91(5,90(109)110-6)52-78-92-49-50-93-78)51-77(97-85)83(75-46-45-73(81)95-75)65-35-17-21-39-69(65)100-88(107)61-31-13-9-27-56(61)3/h15-22,33-40,43-51,54-57,59-62,94,97H,7-14,23-32,41-42,52-53H2,1-6H3,(H,92,93)(H,98,105)(H,99,106)(H,100,107)(H,101,108)(H,102,103)/t54?,55?,56?,57?,59?,60?,61?,62?,91-/m1/s1. The van der Waals surface area contributed by atoms with Crippen molar-refractivity contribution < 1.29 is 43.0 Å². The third-order valence-electron chi connectivity index (χ3n) is 24.1. The number of ether oxygens (including phenoxy) is 2. The van der Waals surface area contributed by atoms with Crippen molar-refractivity contribution in [3.8, 4) is 44.5 Å². The van der Waals surface area contributed by atoms with Gasteiger partial charge in [0.05, 0.1) is 35.4 Å². The Hall–Kier alpha value is -11.0. The van der Waals surface area contributed by atoms with Gasteiger partial charge in [0.15, 0.2) is 0 Å². The number of amides is 5. The van der Waals surface area contributed by atoms with E-state index in [1.165, 1.54) is 7.11 Å². The highest BCUT2D eigenvalue weighted by Crippen LogP contribution is 2.46. The van der Waals surface area contributed by atoms with Gasteiger partial charge >= 0.3 is 11.9 Å². The van der Waals surface area contributed by atoms with Crippen molar-refractivity contribution in [2.45, 2.75) is 182 Å². The molecule has 4 aromatic heterocycles. The highest BCUT2D eigenvalue weighted by molar-refractivity contribution is 6.09. The molecule has 2 aliphatic heterocycles. The fraction of sp³-hybridized carbons (Fsp3) is 0.407. The largest absolute Gasteiger partial charge is 0.467 e. The minimum absolute atomic E-state index is 0.00966. The molecule has 8 aromatic rings. The summed E-state index contributed by atoms with van der Waals surface area (Å²) in [5.74, 6) is -1.36. The van der Waals surface area contributed by atoms with Crippen LogP contribution in [0.25, 0.3) is 90.9 Å². The van der Waals surface area contributed by atoms with Crippen LogP contribution in [0.4, 0.5) is 22.7 Å². The number of nitrogens with zero attached hydrogens (tertiary/aromatic N) is 3. The lowest BCUT2D eigenvalue weighted by atomic mass is 9.80. The second kappa shape index (κ2) is 34.5. The number of anilines is 4. The Morgan fingerprint density at radius 3 is 1.24 bits per heavy atom. The van der Waals surface area contributed by atoms with E-state index >= 15 is 0 Å². The number of carbonyl (C=O) groups is 7. The van der Waals surface area contributed by atoms with E-state index in [1.807, 2.05) is 140 Å². The zero-order valence-electron chi connectivity index (χ0n) is 64.6. The fourth-order valence-corrected chi connectivity index (χ4v) is 17.8. The molecule has 8 N–H and O–H groups in total. The molecule has 0 radical (unpaired) electrons. The van der Waals surface area contributed by atoms with Crippen molar-refractivity contribution in [2.75, 3.05) is 28.4 Å². The number of hydrogen-bond donors (Lipinski definition) is 8. The Labute approximate surface area is 649 Å². The number of unbranched alkanes of at least 4 members (excludes halogenated alkanes) is 1. The van der Waals surface area contributed by atoms with E-state index in [1.54, 1.807) is 19.3 Å². The molecule has 4 aliphatic carbocycles. The van der Waals surface area contributed by atoms with E-state index in [4.69, 9.17) is 19.4 Å². The number of nitrogens with one attached hydrogen (secondary N) is 8. The maximum atomic E-state index is 14.9. The van der Waals surface area contributed by atoms with Crippen molar-refractivity contribution in [3.05, 3.63) is 162 Å². The number of benzene rings is 4. The highest BCUT2D eigenvalue weighted by atomic mass is 16.5. The topological polar surface area (TPSA) is 284 Å². The minimum atomic E-state index is -1.41. The van der Waals surface area contributed by atoms with Crippen LogP contribution in [0.1, 0.15) is 197 Å². The van der Waals surface area contributed by atoms with Gasteiger partial charge in [-0.1, -0.05) is 152 Å². The van der Waals surface area contributed by atoms with Crippen LogP contribution in [0.3, 0.4) is 0 Å². The summed E-state index contributed by atoms with van der Waals surface area (Å²) in [6, 6.07) is 37.2. The fourth-order valence-electron chi connectivity index (χ4n) is 17.8. The summed E-state index contributed by atoms with van der Waals surface area (Å²) in [4.78, 5) is 127. The van der Waals surface area contributed by atoms with Crippen LogP contribution in [0.15, 0.2) is 128 Å². The predicted molar refractivity (Wildman–Crippen MR) is 439 cm³/mol. The molecule has 6 aliphatic rings. The van der Waals surface area contributed by atoms with Gasteiger partial charge in [0.25, 0.3) is 0 Å². The first kappa shape index (κ1) is 76.7. The number of aromatic nitrogens is 6. The Bertz CT molecular complexity index is 5070. The van der Waals surface area contributed by atoms with Gasteiger partial charge in [-0.15, -0.1) is 0 Å². The second-order valence-electron chi connectivity index (χ2n) is 31.9. The average molecular weight is 1490 g/mol. The monoisotopic (exact) mass is 1490 g/mol. The van der Waals surface area contributed by atoms with E-state index in [-0.39, 0.29) is 103 Å². The Kier molecular flexibility index (Phi) is 23.8. The molecule has 20 heteroatoms. The molecule has 111 heavy (non-hydrogen) atoms. The number of H-pyrrole nitrogens is 3. The first-order valence-electron chi connectivity index (χ1n) is 40.2. The third-order valence-corrected chi connectivity index (χ3v) is 24.1. The Balaban J connectivity index is 0.997. The quantitative estimate of drug-likeness (QED) is 0.0219. The summed E-state index contributed by atoms with van der Waals surface area (Å²) in [5.41, 5.74) is 11.2. The van der Waals surface area contributed by atoms with Crippen LogP contribution in [0, 0.1) is 47.3 Å². The van der Waals surface area contributed by atoms with Crippen LogP contribution in [-0.2, 0) is 56.1 Å². The molecule has 9 atom stereocenters. The van der Waals surface area contributed by atoms with Crippen molar-refractivity contribution in [2.24, 2.45) is 47.3 Å². The van der Waals surface area contributed by atoms with Crippen LogP contribution in [-0.4, -0.2) is 84.0 Å². The molecule has 4 aromatic carbocycles. The molecule has 6 heterocycles. The molecular weight excluding hydrogens is 1390 g/mol. The molecule has 0 saturated heterocycles. The first-order chi connectivity index (χ1) is 53.9. The normalized spacial score (nSPS) is 20.8. The van der Waals surface area contributed by atoms with Crippen molar-refractivity contribution in [1.29, 1.82) is 0 Å². The lowest BCUT2D eigenvalue weighted by Crippen LogP contribution is -2.54. The van der Waals surface area contributed by atoms with E-state index in [0.29, 0.717) is 130 Å². The Morgan fingerprint density at radius 2 is 0.847 bits per heavy atom. The van der Waals surface area contributed by atoms with Crippen molar-refractivity contribution >= 4 is 111 Å². The molecule has 4 saturated carbocycles. The van der Waals surface area contributed by atoms with Gasteiger partial charge in [0.1, 0.15) is 18.0 Å². The van der Waals surface area contributed by atoms with Crippen LogP contribution in [0.5, 0.6) is 0 Å². The molecule has 8 unspecified atom stereocenters. The third kappa shape index (κ3) is 17.2. The molecule has 5 amide bonds. The van der Waals surface area contributed by atoms with Crippen LogP contribution < -0.4 is 26.6 Å². The number of carbonyl (C=O) groups excluding carboxylic acids is 7. The van der Waals surface area contributed by atoms with E-state index in [0.717, 1.165) is 103 Å². The molecule has 4 fully saturated rings. The number of methoxy groups -OCH3 is 1. The van der Waals surface area contributed by atoms with Crippen molar-refractivity contribution in [1.82, 2.24) is 35.2 Å². The van der Waals surface area contributed by atoms with Gasteiger partial charge in [-0.2, -0.15) is 0 Å². The highest BCUT2D eigenvalue weighted by Gasteiger charge is 2.38. The summed E-state index contributed by atoms with van der Waals surface area (Å²) in [6.45, 7) is 9.96. The van der Waals surface area contributed by atoms with Gasteiger partial charge in [-0.3, -0.25) is 28.8 Å². The number of imidazole rings is 1. The van der Waals surface area contributed by atoms with E-state index < -0.39 is 23.4 Å². The SMILES string of the molecule is COC(=O)[C@@](C)(Cc1ncc[nH]1)NC(=O)CCCCC(=O)OCc1cc2[nH]c1c(-c1ccccc1NC(=O)C1CCCCC1C)c1nc(c(-c3ccccc3NC(=O)C3CCCCC3C)c3ccc([nH]3)c(-c3ccccc3NC(=O)C3CCCCC3C)c3nc(c2-c2ccccc2NC(=O)C2CCCCC2C)C=C3)C=C1. The number of para-hydroxylation sites is 4. The number of rotatable bonds is 23. The zero-order valence-corrected chi connectivity index (χ0v) is 64.6. The zero-order chi connectivity index (χ0) is 77.3. The van der Waals surface area contributed by atoms with E-state index in [9.17, 15) is 33.6 Å². The summed E-state index contributed by atoms with van der Waals surface area (Å²) in [5, 5.41) is 16.5. The second-order valence-corrected chi connectivity index (χ2v) is 31.9. The van der Waals surface area contributed by atoms with E-state index in [2.05, 4.69) is 74.2 Å². The molecular formula is C91H103N11O9. The minimum Gasteiger partial charge on any atom is -0.467 e. The molecule has 8 bridgehead atoms. The average Bonchev–Trinajstić information content (AvgIpc) is 1.61. The first-order valence-corrected chi connectivity index (χ1v) is 40.2. The van der Waals surface area contributed by atoms with Crippen LogP contribution in [0.2, 0.25) is 0 Å². The number of hydrogen-bond acceptors (Lipinski definition) is 12. The van der Waals surface area contributed by atoms with Gasteiger partial charge < -0.3 is 51.0 Å². The Morgan fingerprint density at radius 1 is 0.468 bits per heavy atom. The molecule has 0 spiro atoms. The lowest BCUT2D eigenvalue weighted by molar-refractivity contribution is -0.150. The molecule has 20 nitrogen and oxygen atoms in total. The van der Waals surface area contributed by atoms with Gasteiger partial charge in [0.2, 0.25) is 29.5 Å². The van der Waals surface area contributed by atoms with Crippen LogP contribution >= 0.6 is 0 Å². The maximum absolute atomic E-state index is 14.9. The number of aromatic amines is 3. The smallest absolute Gasteiger partial charge is 0.331 e. The van der Waals surface area contributed by atoms with Gasteiger partial charge in [-0.25, -0.2) is 19.7 Å². The number of fused-ring (bicyclic) bond motifs is 8. The van der Waals surface area contributed by atoms with Crippen molar-refractivity contribution in [3.63, 3.8) is 0 Å². The lowest BCUT2D eigenvalue weighted by Gasteiger charge is -2.28. The predicted octanol–water partition coefficient (Wildman–Crippen LogP) is 19.0. The van der Waals surface area contributed by atoms with Gasteiger partial charge in [0, 0.05) is 145 Å². The summed E-state index contributed by atoms with van der Waals surface area (Å²) >= 11 is 0. The van der Waals surface area contributed by atoms with Gasteiger partial charge in [-0.05, 0) is 162 Å². The summed E-state index contributed by atoms with van der Waals surface area (Å²) < 4.78 is 11.6. The molecule has 14 rings (SSSR count). The maximum Gasteiger partial charge on any atom is 0.331 e. The summed E-state index contributed by atoms with van der Waals surface area (Å²) in [7, 11) is 1.27. The number of esters is 2. The molecule has 576 valence electrons. The summed E-state index contributed by atoms with van der Waals surface area (Å²) in [6.07, 6.45) is 26.8.